The number of fused-ring (bicyclic) bond motifs is 1. The topological polar surface area (TPSA) is 84.5 Å². The van der Waals surface area contributed by atoms with Crippen molar-refractivity contribution < 1.29 is 17.9 Å². The molecule has 7 heteroatoms. The van der Waals surface area contributed by atoms with Crippen LogP contribution >= 0.6 is 0 Å². The number of carbonyl (C=O) groups is 1. The fourth-order valence-electron chi connectivity index (χ4n) is 2.86. The third kappa shape index (κ3) is 5.44. The van der Waals surface area contributed by atoms with E-state index in [4.69, 9.17) is 4.74 Å². The summed E-state index contributed by atoms with van der Waals surface area (Å²) in [5.41, 5.74) is 0.271. The molecular formula is C18H28N2O4S. The molecule has 0 saturated carbocycles. The van der Waals surface area contributed by atoms with Crippen LogP contribution in [-0.4, -0.2) is 38.5 Å². The zero-order valence-electron chi connectivity index (χ0n) is 15.3. The number of benzene rings is 1. The fourth-order valence-corrected chi connectivity index (χ4v) is 4.48. The van der Waals surface area contributed by atoms with Crippen molar-refractivity contribution in [1.29, 1.82) is 0 Å². The van der Waals surface area contributed by atoms with Crippen molar-refractivity contribution in [2.45, 2.75) is 63.1 Å². The highest BCUT2D eigenvalue weighted by atomic mass is 32.2. The molecule has 0 spiro atoms. The van der Waals surface area contributed by atoms with Crippen LogP contribution in [0.25, 0.3) is 0 Å². The molecule has 1 aromatic carbocycles. The minimum atomic E-state index is -3.19. The number of amides is 1. The van der Waals surface area contributed by atoms with Gasteiger partial charge >= 0.3 is 6.09 Å². The number of sulfone groups is 1. The van der Waals surface area contributed by atoms with Gasteiger partial charge in [0.05, 0.1) is 10.6 Å². The SMILES string of the molecule is CCC(CNC1CCS(=O)(=O)c2ccccc21)NC(=O)OC(C)(C)C. The van der Waals surface area contributed by atoms with Gasteiger partial charge in [-0.2, -0.15) is 0 Å². The number of carbonyl (C=O) groups excluding carboxylic acids is 1. The van der Waals surface area contributed by atoms with Gasteiger partial charge < -0.3 is 15.4 Å². The Labute approximate surface area is 150 Å². The number of alkyl carbamates (subject to hydrolysis) is 1. The Morgan fingerprint density at radius 1 is 1.32 bits per heavy atom. The van der Waals surface area contributed by atoms with Gasteiger partial charge in [0, 0.05) is 18.6 Å². The molecule has 25 heavy (non-hydrogen) atoms. The van der Waals surface area contributed by atoms with Gasteiger partial charge in [-0.15, -0.1) is 0 Å². The van der Waals surface area contributed by atoms with Crippen molar-refractivity contribution in [3.8, 4) is 0 Å². The summed E-state index contributed by atoms with van der Waals surface area (Å²) in [7, 11) is -3.19. The van der Waals surface area contributed by atoms with E-state index >= 15 is 0 Å². The van der Waals surface area contributed by atoms with Crippen LogP contribution in [0.1, 0.15) is 52.1 Å². The zero-order chi connectivity index (χ0) is 18.7. The van der Waals surface area contributed by atoms with Gasteiger partial charge in [0.1, 0.15) is 5.60 Å². The molecule has 0 aromatic heterocycles. The van der Waals surface area contributed by atoms with E-state index in [1.165, 1.54) is 0 Å². The summed E-state index contributed by atoms with van der Waals surface area (Å²) in [6.45, 7) is 8.01. The number of nitrogens with one attached hydrogen (secondary N) is 2. The van der Waals surface area contributed by atoms with Crippen LogP contribution in [0.3, 0.4) is 0 Å². The molecule has 1 aliphatic rings. The van der Waals surface area contributed by atoms with Gasteiger partial charge in [-0.3, -0.25) is 0 Å². The molecule has 1 aliphatic heterocycles. The highest BCUT2D eigenvalue weighted by Crippen LogP contribution is 2.31. The first kappa shape index (κ1) is 19.7. The van der Waals surface area contributed by atoms with Crippen molar-refractivity contribution in [3.05, 3.63) is 29.8 Å². The van der Waals surface area contributed by atoms with Crippen molar-refractivity contribution in [2.24, 2.45) is 0 Å². The Hall–Kier alpha value is -1.60. The predicted octanol–water partition coefficient (Wildman–Crippen LogP) is 2.80. The van der Waals surface area contributed by atoms with E-state index in [0.29, 0.717) is 17.9 Å². The van der Waals surface area contributed by atoms with Crippen LogP contribution < -0.4 is 10.6 Å². The lowest BCUT2D eigenvalue weighted by atomic mass is 10.0. The summed E-state index contributed by atoms with van der Waals surface area (Å²) in [6, 6.07) is 7.00. The normalized spacial score (nSPS) is 20.4. The summed E-state index contributed by atoms with van der Waals surface area (Å²) in [4.78, 5) is 12.3. The molecule has 1 heterocycles. The highest BCUT2D eigenvalue weighted by molar-refractivity contribution is 7.91. The number of ether oxygens (including phenoxy) is 1. The van der Waals surface area contributed by atoms with Crippen LogP contribution in [0.4, 0.5) is 4.79 Å². The van der Waals surface area contributed by atoms with Crippen LogP contribution in [-0.2, 0) is 14.6 Å². The summed E-state index contributed by atoms with van der Waals surface area (Å²) in [5.74, 6) is 0.137. The second kappa shape index (κ2) is 7.74. The fraction of sp³-hybridized carbons (Fsp3) is 0.611. The average molecular weight is 368 g/mol. The Kier molecular flexibility index (Phi) is 6.11. The Bertz CT molecular complexity index is 710. The molecule has 2 rings (SSSR count). The van der Waals surface area contributed by atoms with Crippen molar-refractivity contribution in [1.82, 2.24) is 10.6 Å². The van der Waals surface area contributed by atoms with Crippen LogP contribution in [0, 0.1) is 0 Å². The predicted molar refractivity (Wildman–Crippen MR) is 97.3 cm³/mol. The van der Waals surface area contributed by atoms with Gasteiger partial charge in [0.15, 0.2) is 9.84 Å². The summed E-state index contributed by atoms with van der Waals surface area (Å²) < 4.78 is 29.7. The molecule has 2 atom stereocenters. The van der Waals surface area contributed by atoms with Crippen LogP contribution in [0.5, 0.6) is 0 Å². The Balaban J connectivity index is 1.99. The summed E-state index contributed by atoms with van der Waals surface area (Å²) in [6.07, 6.45) is 0.842. The highest BCUT2D eigenvalue weighted by Gasteiger charge is 2.30. The molecule has 0 fully saturated rings. The van der Waals surface area contributed by atoms with Gasteiger partial charge in [0.25, 0.3) is 0 Å². The third-order valence-electron chi connectivity index (χ3n) is 4.13. The molecule has 0 bridgehead atoms. The maximum Gasteiger partial charge on any atom is 0.407 e. The minimum Gasteiger partial charge on any atom is -0.444 e. The molecular weight excluding hydrogens is 340 g/mol. The molecule has 2 unspecified atom stereocenters. The lowest BCUT2D eigenvalue weighted by molar-refractivity contribution is 0.0502. The molecule has 1 aromatic rings. The average Bonchev–Trinajstić information content (AvgIpc) is 2.51. The number of rotatable bonds is 5. The van der Waals surface area contributed by atoms with Gasteiger partial charge in [0.2, 0.25) is 0 Å². The maximum absolute atomic E-state index is 12.2. The molecule has 0 radical (unpaired) electrons. The molecule has 1 amide bonds. The zero-order valence-corrected chi connectivity index (χ0v) is 16.2. The van der Waals surface area contributed by atoms with E-state index < -0.39 is 21.5 Å². The number of hydrogen-bond donors (Lipinski definition) is 2. The third-order valence-corrected chi connectivity index (χ3v) is 5.94. The lowest BCUT2D eigenvalue weighted by Crippen LogP contribution is -2.45. The molecule has 0 saturated heterocycles. The quantitative estimate of drug-likeness (QED) is 0.835. The van der Waals surface area contributed by atoms with Crippen LogP contribution in [0.2, 0.25) is 0 Å². The first-order valence-corrected chi connectivity index (χ1v) is 10.3. The lowest BCUT2D eigenvalue weighted by Gasteiger charge is -2.29. The van der Waals surface area contributed by atoms with E-state index in [1.807, 2.05) is 39.8 Å². The van der Waals surface area contributed by atoms with Crippen molar-refractivity contribution in [3.63, 3.8) is 0 Å². The van der Waals surface area contributed by atoms with Crippen molar-refractivity contribution >= 4 is 15.9 Å². The van der Waals surface area contributed by atoms with Gasteiger partial charge in [-0.05, 0) is 45.2 Å². The van der Waals surface area contributed by atoms with Gasteiger partial charge in [-0.1, -0.05) is 25.1 Å². The largest absolute Gasteiger partial charge is 0.444 e. The minimum absolute atomic E-state index is 0.0331. The molecule has 2 N–H and O–H groups in total. The smallest absolute Gasteiger partial charge is 0.407 e. The Morgan fingerprint density at radius 3 is 2.64 bits per heavy atom. The monoisotopic (exact) mass is 368 g/mol. The van der Waals surface area contributed by atoms with Crippen LogP contribution in [0.15, 0.2) is 29.2 Å². The van der Waals surface area contributed by atoms with E-state index in [0.717, 1.165) is 12.0 Å². The Morgan fingerprint density at radius 2 is 2.00 bits per heavy atom. The molecule has 140 valence electrons. The van der Waals surface area contributed by atoms with Gasteiger partial charge in [-0.25, -0.2) is 13.2 Å². The second-order valence-corrected chi connectivity index (χ2v) is 9.44. The molecule has 0 aliphatic carbocycles. The first-order valence-electron chi connectivity index (χ1n) is 8.67. The second-order valence-electron chi connectivity index (χ2n) is 7.36. The summed E-state index contributed by atoms with van der Waals surface area (Å²) >= 11 is 0. The van der Waals surface area contributed by atoms with E-state index in [-0.39, 0.29) is 17.8 Å². The first-order chi connectivity index (χ1) is 11.6. The maximum atomic E-state index is 12.2. The van der Waals surface area contributed by atoms with E-state index in [1.54, 1.807) is 12.1 Å². The summed E-state index contributed by atoms with van der Waals surface area (Å²) in [5, 5.41) is 6.26. The van der Waals surface area contributed by atoms with E-state index in [2.05, 4.69) is 10.6 Å². The van der Waals surface area contributed by atoms with Crippen molar-refractivity contribution in [2.75, 3.05) is 12.3 Å². The molecule has 6 nitrogen and oxygen atoms in total. The number of hydrogen-bond acceptors (Lipinski definition) is 5. The standard InChI is InChI=1S/C18H28N2O4S/c1-5-13(20-17(21)24-18(2,3)4)12-19-15-10-11-25(22,23)16-9-7-6-8-14(15)16/h6-9,13,15,19H,5,10-12H2,1-4H3,(H,20,21). The van der Waals surface area contributed by atoms with E-state index in [9.17, 15) is 13.2 Å².